The van der Waals surface area contributed by atoms with Crippen LogP contribution in [0.3, 0.4) is 0 Å². The van der Waals surface area contributed by atoms with E-state index in [1.807, 2.05) is 0 Å². The fourth-order valence-electron chi connectivity index (χ4n) is 11.0. The number of hydrogen-bond acceptors (Lipinski definition) is 15. The third-order valence-corrected chi connectivity index (χ3v) is 19.1. The SMILES string of the molecule is CCC(C)CCCCCCCCC(=O)OC[C@H](COP(=O)(O)OC[C@H](O)COP(=O)(O)OC[C@@H](COC(=O)CCCCCCCCCCCCCCC(C)C)OC(=O)CCCCCCCCCCCCCCCCC(C)C)OC(=O)CCCCCCCCCC(C)C. The Morgan fingerprint density at radius 3 is 0.772 bits per heavy atom. The molecule has 0 aliphatic rings. The van der Waals surface area contributed by atoms with Gasteiger partial charge in [-0.3, -0.25) is 37.3 Å². The molecule has 6 atom stereocenters. The molecule has 0 aliphatic heterocycles. The summed E-state index contributed by atoms with van der Waals surface area (Å²) < 4.78 is 68.4. The summed E-state index contributed by atoms with van der Waals surface area (Å²) in [5.41, 5.74) is 0. The van der Waals surface area contributed by atoms with Crippen molar-refractivity contribution in [2.75, 3.05) is 39.6 Å². The molecule has 0 heterocycles. The summed E-state index contributed by atoms with van der Waals surface area (Å²) in [6.45, 7) is 14.1. The van der Waals surface area contributed by atoms with Gasteiger partial charge in [0.25, 0.3) is 0 Å². The first-order valence-electron chi connectivity index (χ1n) is 37.7. The molecule has 19 heteroatoms. The number of esters is 4. The van der Waals surface area contributed by atoms with Gasteiger partial charge < -0.3 is 33.8 Å². The van der Waals surface area contributed by atoms with Crippen LogP contribution in [0.25, 0.3) is 0 Å². The van der Waals surface area contributed by atoms with Gasteiger partial charge in [-0.15, -0.1) is 0 Å². The largest absolute Gasteiger partial charge is 0.472 e. The summed E-state index contributed by atoms with van der Waals surface area (Å²) in [6.07, 6.45) is 45.9. The highest BCUT2D eigenvalue weighted by Gasteiger charge is 2.30. The molecule has 92 heavy (non-hydrogen) atoms. The minimum absolute atomic E-state index is 0.102. The van der Waals surface area contributed by atoms with Gasteiger partial charge in [-0.1, -0.05) is 312 Å². The van der Waals surface area contributed by atoms with Crippen LogP contribution < -0.4 is 0 Å². The minimum Gasteiger partial charge on any atom is -0.462 e. The van der Waals surface area contributed by atoms with Crippen molar-refractivity contribution in [1.82, 2.24) is 0 Å². The third-order valence-electron chi connectivity index (χ3n) is 17.2. The molecule has 0 bridgehead atoms. The van der Waals surface area contributed by atoms with E-state index in [0.29, 0.717) is 31.6 Å². The summed E-state index contributed by atoms with van der Waals surface area (Å²) in [4.78, 5) is 72.6. The highest BCUT2D eigenvalue weighted by molar-refractivity contribution is 7.47. The smallest absolute Gasteiger partial charge is 0.462 e. The number of aliphatic hydroxyl groups is 1. The Balaban J connectivity index is 5.24. The lowest BCUT2D eigenvalue weighted by Gasteiger charge is -2.21. The van der Waals surface area contributed by atoms with Gasteiger partial charge in [-0.2, -0.15) is 0 Å². The number of aliphatic hydroxyl groups excluding tert-OH is 1. The van der Waals surface area contributed by atoms with E-state index >= 15 is 0 Å². The Kier molecular flexibility index (Phi) is 61.3. The van der Waals surface area contributed by atoms with E-state index in [4.69, 9.17) is 37.0 Å². The molecule has 0 saturated carbocycles. The summed E-state index contributed by atoms with van der Waals surface area (Å²) in [5, 5.41) is 10.6. The molecule has 0 aromatic rings. The zero-order valence-electron chi connectivity index (χ0n) is 60.2. The Bertz CT molecular complexity index is 1820. The van der Waals surface area contributed by atoms with Gasteiger partial charge in [0.05, 0.1) is 26.4 Å². The molecule has 0 rings (SSSR count). The van der Waals surface area contributed by atoms with Crippen molar-refractivity contribution in [3.63, 3.8) is 0 Å². The number of phosphoric ester groups is 2. The fraction of sp³-hybridized carbons (Fsp3) is 0.945. The normalized spacial score (nSPS) is 14.5. The van der Waals surface area contributed by atoms with Crippen LogP contribution in [-0.2, 0) is 65.4 Å². The topological polar surface area (TPSA) is 237 Å². The van der Waals surface area contributed by atoms with E-state index in [9.17, 15) is 43.2 Å². The fourth-order valence-corrected chi connectivity index (χ4v) is 12.6. The maximum Gasteiger partial charge on any atom is 0.472 e. The van der Waals surface area contributed by atoms with Crippen molar-refractivity contribution >= 4 is 39.5 Å². The van der Waals surface area contributed by atoms with Crippen LogP contribution in [0.2, 0.25) is 0 Å². The highest BCUT2D eigenvalue weighted by Crippen LogP contribution is 2.45. The molecule has 0 radical (unpaired) electrons. The van der Waals surface area contributed by atoms with Crippen LogP contribution in [-0.4, -0.2) is 96.7 Å². The molecule has 0 saturated heterocycles. The second-order valence-corrected chi connectivity index (χ2v) is 30.9. The molecule has 3 unspecified atom stereocenters. The molecule has 0 aromatic heterocycles. The molecular weight excluding hydrogens is 1210 g/mol. The molecule has 0 aromatic carbocycles. The van der Waals surface area contributed by atoms with Crippen molar-refractivity contribution in [2.24, 2.45) is 23.7 Å². The van der Waals surface area contributed by atoms with Crippen LogP contribution in [0.1, 0.15) is 364 Å². The average molecular weight is 1350 g/mol. The number of carbonyl (C=O) groups excluding carboxylic acids is 4. The van der Waals surface area contributed by atoms with Gasteiger partial charge in [-0.05, 0) is 49.4 Å². The standard InChI is InChI=1S/C73H142O17P2/c1-9-66(8)52-44-36-31-32-38-46-54-71(76)84-60-69(90-73(78)56-48-40-30-24-27-35-43-51-65(6)7)62-88-92(81,82)86-58-67(74)57-85-91(79,80)87-61-68(59-83-70(75)53-45-37-28-22-18-15-14-17-21-26-34-42-50-64(4)5)89-72(77)55-47-39-29-23-19-13-11-10-12-16-20-25-33-41-49-63(2)3/h63-69,74H,9-62H2,1-8H3,(H,79,80)(H,81,82)/t66?,67-,68-,69-/m1/s1. The van der Waals surface area contributed by atoms with Crippen molar-refractivity contribution in [1.29, 1.82) is 0 Å². The van der Waals surface area contributed by atoms with Gasteiger partial charge in [0, 0.05) is 25.7 Å². The first-order chi connectivity index (χ1) is 44.1. The van der Waals surface area contributed by atoms with Crippen molar-refractivity contribution in [2.45, 2.75) is 382 Å². The molecule has 17 nitrogen and oxygen atoms in total. The van der Waals surface area contributed by atoms with Crippen LogP contribution in [0.4, 0.5) is 0 Å². The molecule has 0 amide bonds. The van der Waals surface area contributed by atoms with Crippen molar-refractivity contribution in [3.8, 4) is 0 Å². The van der Waals surface area contributed by atoms with Gasteiger partial charge in [-0.25, -0.2) is 9.13 Å². The van der Waals surface area contributed by atoms with E-state index in [1.54, 1.807) is 0 Å². The predicted octanol–water partition coefficient (Wildman–Crippen LogP) is 20.9. The monoisotopic (exact) mass is 1350 g/mol. The van der Waals surface area contributed by atoms with Gasteiger partial charge in [0.15, 0.2) is 12.2 Å². The predicted molar refractivity (Wildman–Crippen MR) is 372 cm³/mol. The summed E-state index contributed by atoms with van der Waals surface area (Å²) in [7, 11) is -9.91. The maximum absolute atomic E-state index is 13.1. The lowest BCUT2D eigenvalue weighted by molar-refractivity contribution is -0.161. The van der Waals surface area contributed by atoms with E-state index in [-0.39, 0.29) is 25.7 Å². The van der Waals surface area contributed by atoms with Crippen LogP contribution >= 0.6 is 15.6 Å². The number of hydrogen-bond donors (Lipinski definition) is 3. The molecule has 0 fully saturated rings. The third kappa shape index (κ3) is 65.4. The van der Waals surface area contributed by atoms with Crippen molar-refractivity contribution in [3.05, 3.63) is 0 Å². The van der Waals surface area contributed by atoms with Crippen LogP contribution in [0, 0.1) is 23.7 Å². The quantitative estimate of drug-likeness (QED) is 0.0222. The first-order valence-corrected chi connectivity index (χ1v) is 40.7. The molecule has 0 spiro atoms. The molecule has 546 valence electrons. The lowest BCUT2D eigenvalue weighted by atomic mass is 10.00. The van der Waals surface area contributed by atoms with Gasteiger partial charge >= 0.3 is 39.5 Å². The summed E-state index contributed by atoms with van der Waals surface area (Å²) in [5.74, 6) is 0.876. The van der Waals surface area contributed by atoms with Crippen LogP contribution in [0.5, 0.6) is 0 Å². The summed E-state index contributed by atoms with van der Waals surface area (Å²) in [6, 6.07) is 0. The number of rotatable bonds is 70. The first kappa shape index (κ1) is 90.1. The van der Waals surface area contributed by atoms with E-state index in [2.05, 4.69) is 55.4 Å². The van der Waals surface area contributed by atoms with Gasteiger partial charge in [0.1, 0.15) is 19.3 Å². The van der Waals surface area contributed by atoms with E-state index in [0.717, 1.165) is 114 Å². The Labute approximate surface area is 562 Å². The molecule has 0 aliphatic carbocycles. The number of ether oxygens (including phenoxy) is 4. The molecule has 3 N–H and O–H groups in total. The second-order valence-electron chi connectivity index (χ2n) is 28.0. The summed E-state index contributed by atoms with van der Waals surface area (Å²) >= 11 is 0. The van der Waals surface area contributed by atoms with E-state index in [1.165, 1.54) is 161 Å². The Hall–Kier alpha value is -1.94. The lowest BCUT2D eigenvalue weighted by Crippen LogP contribution is -2.30. The van der Waals surface area contributed by atoms with Gasteiger partial charge in [0.2, 0.25) is 0 Å². The average Bonchev–Trinajstić information content (AvgIpc) is 1.50. The van der Waals surface area contributed by atoms with Crippen molar-refractivity contribution < 1.29 is 80.2 Å². The Morgan fingerprint density at radius 1 is 0.304 bits per heavy atom. The minimum atomic E-state index is -4.96. The Morgan fingerprint density at radius 2 is 0.522 bits per heavy atom. The maximum atomic E-state index is 13.1. The van der Waals surface area contributed by atoms with E-state index < -0.39 is 97.5 Å². The second kappa shape index (κ2) is 62.6. The number of phosphoric acid groups is 2. The number of unbranched alkanes of at least 4 members (excludes halogenated alkanes) is 35. The zero-order valence-corrected chi connectivity index (χ0v) is 62.0. The zero-order chi connectivity index (χ0) is 68.2. The highest BCUT2D eigenvalue weighted by atomic mass is 31.2. The number of carbonyl (C=O) groups is 4. The molecular formula is C73H142O17P2. The van der Waals surface area contributed by atoms with Crippen LogP contribution in [0.15, 0.2) is 0 Å².